The van der Waals surface area contributed by atoms with Gasteiger partial charge >= 0.3 is 6.34 Å². The van der Waals surface area contributed by atoms with Crippen LogP contribution in [0.15, 0.2) is 86.0 Å². The third-order valence-corrected chi connectivity index (χ3v) is 7.59. The highest BCUT2D eigenvalue weighted by molar-refractivity contribution is 5.76. The van der Waals surface area contributed by atoms with Crippen LogP contribution in [0.2, 0.25) is 0 Å². The molecule has 4 aromatic carbocycles. The van der Waals surface area contributed by atoms with Crippen molar-refractivity contribution in [3.05, 3.63) is 142 Å². The van der Waals surface area contributed by atoms with E-state index in [4.69, 9.17) is 0 Å². The molecule has 41 heavy (non-hydrogen) atoms. The average Bonchev–Trinajstić information content (AvgIpc) is 3.43. The van der Waals surface area contributed by atoms with Crippen molar-refractivity contribution in [1.82, 2.24) is 0 Å². The molecular formula is C39H38N2+2. The van der Waals surface area contributed by atoms with Crippen LogP contribution >= 0.6 is 0 Å². The lowest BCUT2D eigenvalue weighted by atomic mass is 10.0. The van der Waals surface area contributed by atoms with Gasteiger partial charge in [0.15, 0.2) is 0 Å². The fourth-order valence-corrected chi connectivity index (χ4v) is 5.62. The van der Waals surface area contributed by atoms with E-state index in [9.17, 15) is 0 Å². The van der Waals surface area contributed by atoms with Crippen LogP contribution in [0.4, 0.5) is 11.4 Å². The Labute approximate surface area is 245 Å². The Kier molecular flexibility index (Phi) is 8.21. The maximum atomic E-state index is 3.83. The van der Waals surface area contributed by atoms with Gasteiger partial charge < -0.3 is 0 Å². The lowest BCUT2D eigenvalue weighted by Gasteiger charge is -2.06. The Hall–Kier alpha value is -4.82. The summed E-state index contributed by atoms with van der Waals surface area (Å²) in [6, 6.07) is 25.9. The van der Waals surface area contributed by atoms with Gasteiger partial charge in [-0.1, -0.05) is 98.1 Å². The van der Waals surface area contributed by atoms with E-state index in [0.29, 0.717) is 0 Å². The minimum atomic E-state index is 0.841. The van der Waals surface area contributed by atoms with Crippen molar-refractivity contribution < 1.29 is 9.15 Å². The molecule has 1 aliphatic rings. The van der Waals surface area contributed by atoms with Crippen molar-refractivity contribution in [3.8, 4) is 0 Å². The first-order valence-corrected chi connectivity index (χ1v) is 14.1. The van der Waals surface area contributed by atoms with Crippen molar-refractivity contribution in [1.29, 1.82) is 0 Å². The molecule has 0 aromatic heterocycles. The van der Waals surface area contributed by atoms with E-state index in [-0.39, 0.29) is 0 Å². The Bertz CT molecular complexity index is 1690. The predicted octanol–water partition coefficient (Wildman–Crippen LogP) is 9.65. The van der Waals surface area contributed by atoms with Gasteiger partial charge in [-0.2, -0.15) is 0 Å². The van der Waals surface area contributed by atoms with Gasteiger partial charge in [0.1, 0.15) is 0 Å². The van der Waals surface area contributed by atoms with Crippen LogP contribution < -0.4 is 0 Å². The molecule has 0 fully saturated rings. The highest BCUT2D eigenvalue weighted by atomic mass is 15.2. The van der Waals surface area contributed by atoms with Crippen molar-refractivity contribution in [3.63, 3.8) is 0 Å². The molecule has 202 valence electrons. The van der Waals surface area contributed by atoms with Crippen LogP contribution in [-0.4, -0.2) is 28.2 Å². The Morgan fingerprint density at radius 3 is 1.29 bits per heavy atom. The lowest BCUT2D eigenvalue weighted by Crippen LogP contribution is -2.08. The summed E-state index contributed by atoms with van der Waals surface area (Å²) in [7, 11) is 0. The van der Waals surface area contributed by atoms with E-state index in [1.54, 1.807) is 0 Å². The molecule has 0 saturated heterocycles. The maximum absolute atomic E-state index is 3.83. The number of nitrogens with zero attached hydrogens (tertiary/aromatic N) is 2. The summed E-state index contributed by atoms with van der Waals surface area (Å²) in [4.78, 5) is 0. The normalized spacial score (nSPS) is 13.1. The van der Waals surface area contributed by atoms with E-state index in [0.717, 1.165) is 17.7 Å². The van der Waals surface area contributed by atoms with Crippen molar-refractivity contribution >= 4 is 60.4 Å². The summed E-state index contributed by atoms with van der Waals surface area (Å²) in [5.41, 5.74) is 14.6. The van der Waals surface area contributed by atoms with Gasteiger partial charge in [0.25, 0.3) is 0 Å². The summed E-state index contributed by atoms with van der Waals surface area (Å²) in [5.74, 6) is 0. The molecule has 0 spiro atoms. The van der Waals surface area contributed by atoms with Crippen LogP contribution in [0, 0.1) is 27.7 Å². The van der Waals surface area contributed by atoms with Gasteiger partial charge in [0.2, 0.25) is 24.1 Å². The fourth-order valence-electron chi connectivity index (χ4n) is 5.62. The lowest BCUT2D eigenvalue weighted by molar-refractivity contribution is -0.446. The molecule has 2 nitrogen and oxygen atoms in total. The molecule has 0 amide bonds. The summed E-state index contributed by atoms with van der Waals surface area (Å²) in [6.07, 6.45) is 17.0. The van der Waals surface area contributed by atoms with Crippen LogP contribution in [0.1, 0.15) is 55.6 Å². The summed E-state index contributed by atoms with van der Waals surface area (Å²) in [6.45, 7) is 17.3. The number of aryl methyl sites for hydroxylation is 4. The molecule has 0 saturated carbocycles. The quantitative estimate of drug-likeness (QED) is 0.157. The topological polar surface area (TPSA) is 6.02 Å². The first kappa shape index (κ1) is 27.7. The van der Waals surface area contributed by atoms with E-state index in [1.807, 2.05) is 12.2 Å². The first-order valence-electron chi connectivity index (χ1n) is 14.1. The molecular weight excluding hydrogens is 496 g/mol. The average molecular weight is 535 g/mol. The molecule has 1 aliphatic heterocycles. The summed E-state index contributed by atoms with van der Waals surface area (Å²) in [5, 5.41) is 0. The number of hydrogen-bond donors (Lipinski definition) is 0. The molecule has 0 bridgehead atoms. The van der Waals surface area contributed by atoms with Crippen LogP contribution in [0.5, 0.6) is 0 Å². The number of hydrogen-bond acceptors (Lipinski definition) is 0. The van der Waals surface area contributed by atoms with Gasteiger partial charge in [-0.3, -0.25) is 0 Å². The molecule has 0 radical (unpaired) electrons. The zero-order valence-corrected chi connectivity index (χ0v) is 24.6. The van der Waals surface area contributed by atoms with Crippen LogP contribution in [0.25, 0.3) is 36.5 Å². The Morgan fingerprint density at radius 2 is 0.878 bits per heavy atom. The summed E-state index contributed by atoms with van der Waals surface area (Å²) < 4.78 is 4.64. The van der Waals surface area contributed by atoms with Gasteiger partial charge in [0.05, 0.1) is 0 Å². The van der Waals surface area contributed by atoms with Crippen molar-refractivity contribution in [2.75, 3.05) is 6.54 Å². The molecule has 0 aliphatic carbocycles. The van der Waals surface area contributed by atoms with Crippen molar-refractivity contribution in [2.45, 2.75) is 27.7 Å². The minimum Gasteiger partial charge on any atom is -0.132 e. The third kappa shape index (κ3) is 6.34. The van der Waals surface area contributed by atoms with Crippen LogP contribution in [-0.2, 0) is 0 Å². The first-order chi connectivity index (χ1) is 19.8. The second kappa shape index (κ2) is 12.1. The van der Waals surface area contributed by atoms with Gasteiger partial charge in [-0.15, -0.1) is 9.15 Å². The zero-order chi connectivity index (χ0) is 28.9. The number of benzene rings is 4. The van der Waals surface area contributed by atoms with E-state index < -0.39 is 0 Å². The van der Waals surface area contributed by atoms with Gasteiger partial charge in [-0.25, -0.2) is 0 Å². The van der Waals surface area contributed by atoms with E-state index >= 15 is 0 Å². The molecule has 0 N–H and O–H groups in total. The zero-order valence-electron chi connectivity index (χ0n) is 24.6. The highest BCUT2D eigenvalue weighted by Crippen LogP contribution is 2.30. The fraction of sp³-hybridized carbons (Fsp3) is 0.128. The summed E-state index contributed by atoms with van der Waals surface area (Å²) >= 11 is 0. The standard InChI is InChI=1S/C39H38N2/c1-7-32-9-13-34(14-10-32)17-19-36-23-28(3)38(29(4)24-36)40-21-22-41(27-40)39-30(5)25-37(26-31(39)6)20-18-35-15-11-33(8-2)12-16-35/h7-21,23-27H,1-2,22H2,3-6H3/q+2/b19-17+,20-18+. The molecule has 5 rings (SSSR count). The SMILES string of the molecule is C=Cc1ccc(/C=C/c2cc(C)c([N+]3=CC[N+](c4c(C)cc(/C=C/c5ccc(C=C)cc5)cc4C)=C3)c(C)c2)cc1. The second-order valence-electron chi connectivity index (χ2n) is 10.8. The third-order valence-electron chi connectivity index (χ3n) is 7.59. The van der Waals surface area contributed by atoms with Gasteiger partial charge in [-0.05, 0) is 85.3 Å². The Balaban J connectivity index is 1.35. The number of rotatable bonds is 8. The van der Waals surface area contributed by atoms with E-state index in [2.05, 4.69) is 160 Å². The smallest absolute Gasteiger partial charge is 0.132 e. The molecule has 2 heteroatoms. The highest BCUT2D eigenvalue weighted by Gasteiger charge is 2.29. The second-order valence-corrected chi connectivity index (χ2v) is 10.8. The molecule has 4 aromatic rings. The monoisotopic (exact) mass is 534 g/mol. The largest absolute Gasteiger partial charge is 0.413 e. The van der Waals surface area contributed by atoms with Crippen molar-refractivity contribution in [2.24, 2.45) is 0 Å². The molecule has 0 atom stereocenters. The van der Waals surface area contributed by atoms with Crippen LogP contribution in [0.3, 0.4) is 0 Å². The van der Waals surface area contributed by atoms with Gasteiger partial charge in [0, 0.05) is 22.3 Å². The predicted molar refractivity (Wildman–Crippen MR) is 180 cm³/mol. The van der Waals surface area contributed by atoms with E-state index in [1.165, 1.54) is 55.9 Å². The minimum absolute atomic E-state index is 0.841. The maximum Gasteiger partial charge on any atom is 0.413 e. The molecule has 1 heterocycles. The Morgan fingerprint density at radius 1 is 0.512 bits per heavy atom. The molecule has 0 unspecified atom stereocenters.